The minimum absolute atomic E-state index is 0.0160. The van der Waals surface area contributed by atoms with Crippen LogP contribution in [0, 0.1) is 6.92 Å². The first-order valence-electron chi connectivity index (χ1n) is 10.1. The van der Waals surface area contributed by atoms with Crippen molar-refractivity contribution in [2.45, 2.75) is 19.9 Å². The molecule has 4 aromatic rings. The van der Waals surface area contributed by atoms with Crippen molar-refractivity contribution in [3.63, 3.8) is 0 Å². The van der Waals surface area contributed by atoms with Crippen LogP contribution >= 0.6 is 0 Å². The Bertz CT molecular complexity index is 1300. The second kappa shape index (κ2) is 7.26. The molecule has 0 saturated carbocycles. The van der Waals surface area contributed by atoms with E-state index in [1.807, 2.05) is 55.5 Å². The first-order chi connectivity index (χ1) is 14.6. The average Bonchev–Trinajstić information content (AvgIpc) is 3.25. The predicted octanol–water partition coefficient (Wildman–Crippen LogP) is 4.38. The molecule has 0 fully saturated rings. The van der Waals surface area contributed by atoms with Gasteiger partial charge in [-0.05, 0) is 48.7 Å². The van der Waals surface area contributed by atoms with Crippen molar-refractivity contribution in [1.82, 2.24) is 14.9 Å². The molecule has 1 heterocycles. The van der Waals surface area contributed by atoms with E-state index in [0.29, 0.717) is 23.2 Å². The number of fused-ring (bicyclic) bond motifs is 4. The molecular weight excluding hydrogens is 374 g/mol. The molecule has 1 N–H and O–H groups in total. The number of carbonyl (C=O) groups excluding carboxylic acids is 2. The minimum atomic E-state index is -0.159. The maximum absolute atomic E-state index is 12.7. The molecule has 5 rings (SSSR count). The van der Waals surface area contributed by atoms with Gasteiger partial charge in [-0.3, -0.25) is 9.59 Å². The van der Waals surface area contributed by atoms with Gasteiger partial charge in [-0.25, -0.2) is 4.98 Å². The number of carbonyl (C=O) groups is 2. The Morgan fingerprint density at radius 1 is 0.933 bits per heavy atom. The highest BCUT2D eigenvalue weighted by atomic mass is 16.1. The normalized spacial score (nSPS) is 12.1. The maximum atomic E-state index is 12.7. The van der Waals surface area contributed by atoms with Crippen LogP contribution in [0.15, 0.2) is 66.7 Å². The monoisotopic (exact) mass is 395 g/mol. The zero-order valence-corrected chi connectivity index (χ0v) is 16.7. The highest BCUT2D eigenvalue weighted by Crippen LogP contribution is 2.36. The second-order valence-corrected chi connectivity index (χ2v) is 7.54. The molecule has 30 heavy (non-hydrogen) atoms. The van der Waals surface area contributed by atoms with Crippen molar-refractivity contribution in [3.8, 4) is 11.1 Å². The van der Waals surface area contributed by atoms with Crippen molar-refractivity contribution >= 4 is 22.7 Å². The van der Waals surface area contributed by atoms with Crippen molar-refractivity contribution in [2.24, 2.45) is 0 Å². The molecule has 3 aromatic carbocycles. The van der Waals surface area contributed by atoms with Gasteiger partial charge in [0.25, 0.3) is 5.91 Å². The van der Waals surface area contributed by atoms with E-state index in [9.17, 15) is 9.59 Å². The van der Waals surface area contributed by atoms with E-state index in [0.717, 1.165) is 41.0 Å². The molecule has 148 valence electrons. The predicted molar refractivity (Wildman–Crippen MR) is 117 cm³/mol. The van der Waals surface area contributed by atoms with Crippen LogP contribution in [0.5, 0.6) is 0 Å². The first-order valence-corrected chi connectivity index (χ1v) is 10.1. The molecule has 0 radical (unpaired) electrons. The molecule has 0 spiro atoms. The van der Waals surface area contributed by atoms with Crippen molar-refractivity contribution in [3.05, 3.63) is 89.2 Å². The second-order valence-electron chi connectivity index (χ2n) is 7.54. The summed E-state index contributed by atoms with van der Waals surface area (Å²) in [6.07, 6.45) is 0.794. The lowest BCUT2D eigenvalue weighted by molar-refractivity contribution is 0.0953. The molecule has 1 aliphatic rings. The molecule has 0 unspecified atom stereocenters. The van der Waals surface area contributed by atoms with E-state index in [4.69, 9.17) is 0 Å². The average molecular weight is 395 g/mol. The summed E-state index contributed by atoms with van der Waals surface area (Å²) in [6.45, 7) is 3.33. The topological polar surface area (TPSA) is 64.0 Å². The SMILES string of the molecule is Cc1nc2ccccc2n1CCCNC(=O)c1ccc2c(c1)C(=O)c1ccccc1-2. The summed E-state index contributed by atoms with van der Waals surface area (Å²) in [5.41, 5.74) is 5.75. The van der Waals surface area contributed by atoms with Gasteiger partial charge in [0.2, 0.25) is 0 Å². The summed E-state index contributed by atoms with van der Waals surface area (Å²) < 4.78 is 2.17. The number of ketones is 1. The number of hydrogen-bond acceptors (Lipinski definition) is 3. The molecule has 0 atom stereocenters. The lowest BCUT2D eigenvalue weighted by Gasteiger charge is -2.09. The number of rotatable bonds is 5. The van der Waals surface area contributed by atoms with Crippen LogP contribution in [0.3, 0.4) is 0 Å². The van der Waals surface area contributed by atoms with E-state index < -0.39 is 0 Å². The molecular formula is C25H21N3O2. The number of aromatic nitrogens is 2. The Balaban J connectivity index is 1.25. The Morgan fingerprint density at radius 2 is 1.67 bits per heavy atom. The standard InChI is InChI=1S/C25H21N3O2/c1-16-27-22-9-4-5-10-23(22)28(16)14-6-13-26-25(30)17-11-12-19-18-7-2-3-8-20(18)24(29)21(19)15-17/h2-5,7-12,15H,6,13-14H2,1H3,(H,26,30). The smallest absolute Gasteiger partial charge is 0.251 e. The van der Waals surface area contributed by atoms with Crippen molar-refractivity contribution < 1.29 is 9.59 Å². The minimum Gasteiger partial charge on any atom is -0.352 e. The lowest BCUT2D eigenvalue weighted by atomic mass is 10.0. The third kappa shape index (κ3) is 2.99. The van der Waals surface area contributed by atoms with Crippen LogP contribution in [0.25, 0.3) is 22.2 Å². The molecule has 1 aromatic heterocycles. The summed E-state index contributed by atoms with van der Waals surface area (Å²) in [4.78, 5) is 29.9. The number of amides is 1. The van der Waals surface area contributed by atoms with Gasteiger partial charge in [0.05, 0.1) is 11.0 Å². The zero-order chi connectivity index (χ0) is 20.7. The van der Waals surface area contributed by atoms with Gasteiger partial charge in [0.15, 0.2) is 5.78 Å². The molecule has 1 amide bonds. The van der Waals surface area contributed by atoms with Gasteiger partial charge in [-0.2, -0.15) is 0 Å². The summed E-state index contributed by atoms with van der Waals surface area (Å²) in [5.74, 6) is 0.797. The first kappa shape index (κ1) is 18.3. The maximum Gasteiger partial charge on any atom is 0.251 e. The number of hydrogen-bond donors (Lipinski definition) is 1. The van der Waals surface area contributed by atoms with E-state index in [2.05, 4.69) is 20.9 Å². The lowest BCUT2D eigenvalue weighted by Crippen LogP contribution is -2.25. The zero-order valence-electron chi connectivity index (χ0n) is 16.7. The van der Waals surface area contributed by atoms with Crippen LogP contribution in [0.1, 0.15) is 38.5 Å². The largest absolute Gasteiger partial charge is 0.352 e. The van der Waals surface area contributed by atoms with Gasteiger partial charge in [-0.15, -0.1) is 0 Å². The highest BCUT2D eigenvalue weighted by molar-refractivity contribution is 6.22. The van der Waals surface area contributed by atoms with Crippen LogP contribution in [0.4, 0.5) is 0 Å². The number of benzene rings is 3. The van der Waals surface area contributed by atoms with Crippen LogP contribution < -0.4 is 5.32 Å². The number of nitrogens with zero attached hydrogens (tertiary/aromatic N) is 2. The quantitative estimate of drug-likeness (QED) is 0.449. The molecule has 0 bridgehead atoms. The van der Waals surface area contributed by atoms with E-state index in [-0.39, 0.29) is 11.7 Å². The van der Waals surface area contributed by atoms with Crippen molar-refractivity contribution in [2.75, 3.05) is 6.54 Å². The summed E-state index contributed by atoms with van der Waals surface area (Å²) in [7, 11) is 0. The Morgan fingerprint density at radius 3 is 2.53 bits per heavy atom. The Labute approximate surface area is 174 Å². The number of para-hydroxylation sites is 2. The number of imidazole rings is 1. The van der Waals surface area contributed by atoms with Crippen LogP contribution in [0.2, 0.25) is 0 Å². The fraction of sp³-hybridized carbons (Fsp3) is 0.160. The molecule has 5 heteroatoms. The van der Waals surface area contributed by atoms with E-state index in [1.54, 1.807) is 12.1 Å². The summed E-state index contributed by atoms with van der Waals surface area (Å²) in [5, 5.41) is 2.97. The van der Waals surface area contributed by atoms with Gasteiger partial charge < -0.3 is 9.88 Å². The fourth-order valence-corrected chi connectivity index (χ4v) is 4.19. The fourth-order valence-electron chi connectivity index (χ4n) is 4.19. The number of aryl methyl sites for hydroxylation is 2. The summed E-state index contributed by atoms with van der Waals surface area (Å²) >= 11 is 0. The van der Waals surface area contributed by atoms with Gasteiger partial charge in [-0.1, -0.05) is 42.5 Å². The number of nitrogens with one attached hydrogen (secondary N) is 1. The van der Waals surface area contributed by atoms with Gasteiger partial charge >= 0.3 is 0 Å². The third-order valence-electron chi connectivity index (χ3n) is 5.68. The van der Waals surface area contributed by atoms with Crippen LogP contribution in [-0.4, -0.2) is 27.8 Å². The van der Waals surface area contributed by atoms with Gasteiger partial charge in [0.1, 0.15) is 5.82 Å². The molecule has 5 nitrogen and oxygen atoms in total. The third-order valence-corrected chi connectivity index (χ3v) is 5.68. The summed E-state index contributed by atoms with van der Waals surface area (Å²) in [6, 6.07) is 21.0. The van der Waals surface area contributed by atoms with Gasteiger partial charge in [0, 0.05) is 29.8 Å². The Kier molecular flexibility index (Phi) is 4.43. The van der Waals surface area contributed by atoms with E-state index in [1.165, 1.54) is 0 Å². The van der Waals surface area contributed by atoms with Crippen LogP contribution in [-0.2, 0) is 6.54 Å². The molecule has 1 aliphatic carbocycles. The van der Waals surface area contributed by atoms with Crippen molar-refractivity contribution in [1.29, 1.82) is 0 Å². The van der Waals surface area contributed by atoms with E-state index >= 15 is 0 Å². The molecule has 0 saturated heterocycles. The molecule has 0 aliphatic heterocycles. The highest BCUT2D eigenvalue weighted by Gasteiger charge is 2.26. The Hall–Kier alpha value is -3.73.